The van der Waals surface area contributed by atoms with Gasteiger partial charge in [0.25, 0.3) is 5.78 Å². The number of furan rings is 1. The quantitative estimate of drug-likeness (QED) is 0.241. The average molecular weight is 483 g/mol. The molecule has 0 radical (unpaired) electrons. The molecule has 1 aromatic carbocycles. The van der Waals surface area contributed by atoms with Crippen LogP contribution in [-0.4, -0.2) is 41.5 Å². The summed E-state index contributed by atoms with van der Waals surface area (Å²) in [5.41, 5.74) is 0.508. The van der Waals surface area contributed by atoms with Gasteiger partial charge in [-0.15, -0.1) is 0 Å². The van der Waals surface area contributed by atoms with Crippen LogP contribution in [0.15, 0.2) is 46.4 Å². The van der Waals surface area contributed by atoms with Gasteiger partial charge in [-0.1, -0.05) is 23.5 Å². The molecule has 0 saturated carbocycles. The molecule has 3 aromatic rings. The molecule has 34 heavy (non-hydrogen) atoms. The minimum Gasteiger partial charge on any atom is -0.507 e. The number of ketones is 1. The van der Waals surface area contributed by atoms with Crippen molar-refractivity contribution < 1.29 is 33.4 Å². The number of carbonyl (C=O) groups excluding carboxylic acids is 3. The number of thiazole rings is 1. The molecule has 9 nitrogen and oxygen atoms in total. The van der Waals surface area contributed by atoms with Crippen molar-refractivity contribution in [3.05, 3.63) is 69.6 Å². The zero-order valence-corrected chi connectivity index (χ0v) is 19.8. The topological polar surface area (TPSA) is 119 Å². The number of methoxy groups -OCH3 is 1. The Morgan fingerprint density at radius 1 is 1.24 bits per heavy atom. The highest BCUT2D eigenvalue weighted by Gasteiger charge is 2.50. The van der Waals surface area contributed by atoms with Gasteiger partial charge in [0.15, 0.2) is 5.13 Å². The fourth-order valence-corrected chi connectivity index (χ4v) is 4.68. The predicted octanol–water partition coefficient (Wildman–Crippen LogP) is 4.16. The number of amides is 1. The van der Waals surface area contributed by atoms with Crippen LogP contribution >= 0.6 is 11.3 Å². The number of nitrogens with zero attached hydrogens (tertiary/aromatic N) is 2. The molecular weight excluding hydrogens is 460 g/mol. The van der Waals surface area contributed by atoms with Gasteiger partial charge < -0.3 is 19.0 Å². The first-order valence-corrected chi connectivity index (χ1v) is 11.2. The van der Waals surface area contributed by atoms with Gasteiger partial charge in [0.1, 0.15) is 33.9 Å². The van der Waals surface area contributed by atoms with E-state index >= 15 is 0 Å². The smallest absolute Gasteiger partial charge is 0.350 e. The van der Waals surface area contributed by atoms with Crippen LogP contribution < -0.4 is 9.64 Å². The second-order valence-electron chi connectivity index (χ2n) is 7.48. The van der Waals surface area contributed by atoms with E-state index in [9.17, 15) is 19.5 Å². The summed E-state index contributed by atoms with van der Waals surface area (Å²) >= 11 is 0.933. The van der Waals surface area contributed by atoms with Crippen molar-refractivity contribution in [1.29, 1.82) is 0 Å². The molecule has 1 fully saturated rings. The third-order valence-electron chi connectivity index (χ3n) is 5.27. The SMILES string of the molecule is CCOC(=O)c1sc(N2C(=O)C(=O)C(=C(O)c3cccc(OC)c3)C2c2ccc(C)o2)nc1C. The maximum atomic E-state index is 13.2. The molecule has 0 spiro atoms. The Hall–Kier alpha value is -3.92. The zero-order valence-electron chi connectivity index (χ0n) is 18.9. The van der Waals surface area contributed by atoms with Gasteiger partial charge in [-0.3, -0.25) is 14.5 Å². The minimum atomic E-state index is -1.08. The second-order valence-corrected chi connectivity index (χ2v) is 8.46. The number of carbonyl (C=O) groups is 3. The first-order valence-electron chi connectivity index (χ1n) is 10.4. The maximum absolute atomic E-state index is 13.2. The first-order chi connectivity index (χ1) is 16.3. The highest BCUT2D eigenvalue weighted by atomic mass is 32.1. The van der Waals surface area contributed by atoms with Crippen LogP contribution in [0.1, 0.15) is 45.4 Å². The van der Waals surface area contributed by atoms with Crippen molar-refractivity contribution in [1.82, 2.24) is 4.98 Å². The number of rotatable bonds is 6. The number of benzene rings is 1. The number of aromatic nitrogens is 1. The van der Waals surface area contributed by atoms with Gasteiger partial charge in [-0.25, -0.2) is 9.78 Å². The minimum absolute atomic E-state index is 0.117. The van der Waals surface area contributed by atoms with E-state index in [2.05, 4.69) is 4.98 Å². The van der Waals surface area contributed by atoms with Crippen LogP contribution in [0.4, 0.5) is 5.13 Å². The Morgan fingerprint density at radius 2 is 2.00 bits per heavy atom. The van der Waals surface area contributed by atoms with Crippen molar-refractivity contribution in [2.45, 2.75) is 26.8 Å². The van der Waals surface area contributed by atoms with Gasteiger partial charge in [0, 0.05) is 5.56 Å². The Labute approximate surface area is 199 Å². The van der Waals surface area contributed by atoms with Gasteiger partial charge in [-0.05, 0) is 45.0 Å². The van der Waals surface area contributed by atoms with Gasteiger partial charge in [0.05, 0.1) is 25.0 Å². The van der Waals surface area contributed by atoms with Gasteiger partial charge in [-0.2, -0.15) is 0 Å². The fraction of sp³-hybridized carbons (Fsp3) is 0.250. The molecule has 1 saturated heterocycles. The molecule has 0 aliphatic carbocycles. The zero-order chi connectivity index (χ0) is 24.6. The Morgan fingerprint density at radius 3 is 2.65 bits per heavy atom. The standard InChI is InChI=1S/C24H22N2O7S/c1-5-32-23(30)21-13(3)25-24(34-21)26-18(16-10-9-12(2)33-16)17(20(28)22(26)29)19(27)14-7-6-8-15(11-14)31-4/h6-11,18,27H,5H2,1-4H3. The van der Waals surface area contributed by atoms with E-state index in [-0.39, 0.29) is 33.7 Å². The van der Waals surface area contributed by atoms with Crippen molar-refractivity contribution in [3.8, 4) is 5.75 Å². The van der Waals surface area contributed by atoms with Crippen LogP contribution in [0.25, 0.3) is 5.76 Å². The summed E-state index contributed by atoms with van der Waals surface area (Å²) in [6.45, 7) is 5.21. The second kappa shape index (κ2) is 9.14. The van der Waals surface area contributed by atoms with E-state index in [4.69, 9.17) is 13.9 Å². The summed E-state index contributed by atoms with van der Waals surface area (Å²) < 4.78 is 16.0. The number of aliphatic hydroxyl groups excluding tert-OH is 1. The van der Waals surface area contributed by atoms with Gasteiger partial charge in [0.2, 0.25) is 0 Å². The normalized spacial score (nSPS) is 17.3. The van der Waals surface area contributed by atoms with Crippen LogP contribution in [0.2, 0.25) is 0 Å². The Balaban J connectivity index is 1.89. The third kappa shape index (κ3) is 3.96. The van der Waals surface area contributed by atoms with E-state index < -0.39 is 23.7 Å². The van der Waals surface area contributed by atoms with E-state index in [1.807, 2.05) is 0 Å². The van der Waals surface area contributed by atoms with E-state index in [0.717, 1.165) is 16.2 Å². The number of esters is 1. The highest BCUT2D eigenvalue weighted by molar-refractivity contribution is 7.17. The van der Waals surface area contributed by atoms with E-state index in [0.29, 0.717) is 22.8 Å². The highest BCUT2D eigenvalue weighted by Crippen LogP contribution is 2.44. The summed E-state index contributed by atoms with van der Waals surface area (Å²) in [6, 6.07) is 8.74. The molecule has 4 rings (SSSR count). The van der Waals surface area contributed by atoms with E-state index in [1.54, 1.807) is 57.2 Å². The lowest BCUT2D eigenvalue weighted by Gasteiger charge is -2.20. The summed E-state index contributed by atoms with van der Waals surface area (Å²) in [6.07, 6.45) is 0. The number of Topliss-reactive ketones (excluding diaryl/α,β-unsaturated/α-hetero) is 1. The van der Waals surface area contributed by atoms with Crippen LogP contribution in [-0.2, 0) is 14.3 Å². The largest absolute Gasteiger partial charge is 0.507 e. The van der Waals surface area contributed by atoms with Gasteiger partial charge >= 0.3 is 11.9 Å². The van der Waals surface area contributed by atoms with Crippen molar-refractivity contribution in [3.63, 3.8) is 0 Å². The lowest BCUT2D eigenvalue weighted by atomic mass is 9.99. The first kappa shape index (κ1) is 23.2. The van der Waals surface area contributed by atoms with Crippen molar-refractivity contribution in [2.75, 3.05) is 18.6 Å². The summed E-state index contributed by atoms with van der Waals surface area (Å²) in [5.74, 6) is -1.44. The van der Waals surface area contributed by atoms with Crippen molar-refractivity contribution >= 4 is 39.9 Å². The molecule has 0 bridgehead atoms. The maximum Gasteiger partial charge on any atom is 0.350 e. The molecule has 1 aliphatic rings. The monoisotopic (exact) mass is 482 g/mol. The average Bonchev–Trinajstić information content (AvgIpc) is 3.49. The molecule has 2 aromatic heterocycles. The lowest BCUT2D eigenvalue weighted by Crippen LogP contribution is -2.29. The van der Waals surface area contributed by atoms with Crippen LogP contribution in [0.3, 0.4) is 0 Å². The number of ether oxygens (including phenoxy) is 2. The number of aryl methyl sites for hydroxylation is 2. The third-order valence-corrected chi connectivity index (χ3v) is 6.41. The molecule has 1 N–H and O–H groups in total. The molecule has 1 unspecified atom stereocenters. The van der Waals surface area contributed by atoms with Crippen molar-refractivity contribution in [2.24, 2.45) is 0 Å². The molecule has 3 heterocycles. The molecule has 1 amide bonds. The molecule has 1 atom stereocenters. The number of hydrogen-bond donors (Lipinski definition) is 1. The van der Waals surface area contributed by atoms with Crippen LogP contribution in [0, 0.1) is 13.8 Å². The summed E-state index contributed by atoms with van der Waals surface area (Å²) in [4.78, 5) is 44.4. The predicted molar refractivity (Wildman–Crippen MR) is 124 cm³/mol. The van der Waals surface area contributed by atoms with E-state index in [1.165, 1.54) is 7.11 Å². The Kier molecular flexibility index (Phi) is 6.25. The molecular formula is C24H22N2O7S. The molecule has 176 valence electrons. The molecule has 1 aliphatic heterocycles. The Bertz CT molecular complexity index is 1320. The molecule has 10 heteroatoms. The lowest BCUT2D eigenvalue weighted by molar-refractivity contribution is -0.132. The number of aliphatic hydroxyl groups is 1. The van der Waals surface area contributed by atoms with Crippen LogP contribution in [0.5, 0.6) is 5.75 Å². The number of anilines is 1. The fourth-order valence-electron chi connectivity index (χ4n) is 3.70. The number of hydrogen-bond acceptors (Lipinski definition) is 9. The summed E-state index contributed by atoms with van der Waals surface area (Å²) in [7, 11) is 1.48. The summed E-state index contributed by atoms with van der Waals surface area (Å²) in [5, 5.41) is 11.3.